The topological polar surface area (TPSA) is 58.4 Å². The highest BCUT2D eigenvalue weighted by Gasteiger charge is 2.26. The highest BCUT2D eigenvalue weighted by molar-refractivity contribution is 9.10. The van der Waals surface area contributed by atoms with Crippen LogP contribution in [0.4, 0.5) is 5.69 Å². The lowest BCUT2D eigenvalue weighted by atomic mass is 10.00. The molecule has 1 fully saturated rings. The molecule has 1 aliphatic rings. The lowest BCUT2D eigenvalue weighted by Gasteiger charge is -2.38. The largest absolute Gasteiger partial charge is 0.399 e. The predicted molar refractivity (Wildman–Crippen MR) is 80.6 cm³/mol. The molecule has 0 aliphatic carbocycles. The van der Waals surface area contributed by atoms with Gasteiger partial charge in [0.1, 0.15) is 0 Å². The average Bonchev–Trinajstić information content (AvgIpc) is 2.32. The first-order valence-electron chi connectivity index (χ1n) is 6.63. The Morgan fingerprint density at radius 2 is 1.95 bits per heavy atom. The number of carbonyl (C=O) groups excluding carboxylic acids is 1. The molecule has 2 unspecified atom stereocenters. The van der Waals surface area contributed by atoms with Gasteiger partial charge in [0.25, 0.3) is 5.91 Å². The van der Waals surface area contributed by atoms with Crippen LogP contribution in [0, 0.1) is 0 Å². The van der Waals surface area contributed by atoms with E-state index in [1.54, 1.807) is 18.2 Å². The zero-order valence-corrected chi connectivity index (χ0v) is 12.9. The average molecular weight is 326 g/mol. The molecule has 19 heavy (non-hydrogen) atoms. The van der Waals surface area contributed by atoms with E-state index in [1.165, 1.54) is 6.42 Å². The third-order valence-corrected chi connectivity index (χ3v) is 4.06. The fraction of sp³-hybridized carbons (Fsp3) is 0.500. The molecule has 5 heteroatoms. The number of nitrogens with two attached hydrogens (primary N) is 1. The van der Waals surface area contributed by atoms with E-state index in [9.17, 15) is 4.79 Å². The molecule has 1 amide bonds. The molecule has 1 aromatic rings. The normalized spacial score (nSPS) is 24.2. The summed E-state index contributed by atoms with van der Waals surface area (Å²) in [5.41, 5.74) is 9.93. The molecular formula is C14H20BrN3O. The first-order valence-corrected chi connectivity index (χ1v) is 7.42. The number of hydrazine groups is 1. The van der Waals surface area contributed by atoms with Crippen LogP contribution in [0.15, 0.2) is 22.7 Å². The van der Waals surface area contributed by atoms with Crippen molar-refractivity contribution >= 4 is 27.5 Å². The van der Waals surface area contributed by atoms with Crippen LogP contribution in [0.1, 0.15) is 43.5 Å². The smallest absolute Gasteiger partial charge is 0.265 e. The van der Waals surface area contributed by atoms with Crippen LogP contribution in [-0.4, -0.2) is 23.0 Å². The van der Waals surface area contributed by atoms with Crippen molar-refractivity contribution in [2.24, 2.45) is 0 Å². The minimum atomic E-state index is -0.103. The minimum Gasteiger partial charge on any atom is -0.399 e. The second kappa shape index (κ2) is 5.92. The summed E-state index contributed by atoms with van der Waals surface area (Å²) >= 11 is 3.36. The van der Waals surface area contributed by atoms with Crippen LogP contribution in [0.3, 0.4) is 0 Å². The Hall–Kier alpha value is -1.07. The van der Waals surface area contributed by atoms with Gasteiger partial charge >= 0.3 is 0 Å². The van der Waals surface area contributed by atoms with Crippen molar-refractivity contribution in [1.82, 2.24) is 10.4 Å². The summed E-state index contributed by atoms with van der Waals surface area (Å²) in [5.74, 6) is -0.103. The Labute approximate surface area is 122 Å². The van der Waals surface area contributed by atoms with Gasteiger partial charge in [-0.05, 0) is 44.9 Å². The third kappa shape index (κ3) is 3.48. The van der Waals surface area contributed by atoms with Gasteiger partial charge in [-0.25, -0.2) is 5.01 Å². The van der Waals surface area contributed by atoms with Crippen molar-refractivity contribution < 1.29 is 4.79 Å². The molecule has 4 nitrogen and oxygen atoms in total. The second-order valence-corrected chi connectivity index (χ2v) is 6.17. The van der Waals surface area contributed by atoms with E-state index in [-0.39, 0.29) is 5.91 Å². The summed E-state index contributed by atoms with van der Waals surface area (Å²) in [6.45, 7) is 4.29. The molecular weight excluding hydrogens is 306 g/mol. The summed E-state index contributed by atoms with van der Waals surface area (Å²) < 4.78 is 0.817. The lowest BCUT2D eigenvalue weighted by Crippen LogP contribution is -2.54. The van der Waals surface area contributed by atoms with Crippen LogP contribution in [0.25, 0.3) is 0 Å². The Morgan fingerprint density at radius 3 is 2.53 bits per heavy atom. The van der Waals surface area contributed by atoms with Crippen LogP contribution >= 0.6 is 15.9 Å². The molecule has 1 saturated heterocycles. The maximum absolute atomic E-state index is 12.3. The summed E-state index contributed by atoms with van der Waals surface area (Å²) in [4.78, 5) is 12.3. The molecule has 1 aromatic carbocycles. The quantitative estimate of drug-likeness (QED) is 0.822. The van der Waals surface area contributed by atoms with E-state index in [0.29, 0.717) is 23.3 Å². The van der Waals surface area contributed by atoms with E-state index in [4.69, 9.17) is 5.73 Å². The van der Waals surface area contributed by atoms with E-state index < -0.39 is 0 Å². The minimum absolute atomic E-state index is 0.103. The fourth-order valence-corrected chi connectivity index (χ4v) is 3.08. The van der Waals surface area contributed by atoms with Gasteiger partial charge in [0.15, 0.2) is 0 Å². The lowest BCUT2D eigenvalue weighted by molar-refractivity contribution is 0.0370. The number of hydrogen-bond acceptors (Lipinski definition) is 3. The first kappa shape index (κ1) is 14.3. The number of rotatable bonds is 2. The van der Waals surface area contributed by atoms with Crippen molar-refractivity contribution in [3.8, 4) is 0 Å². The highest BCUT2D eigenvalue weighted by Crippen LogP contribution is 2.21. The van der Waals surface area contributed by atoms with E-state index in [2.05, 4.69) is 40.2 Å². The summed E-state index contributed by atoms with van der Waals surface area (Å²) in [5, 5.41) is 2.06. The van der Waals surface area contributed by atoms with E-state index in [1.807, 2.05) is 0 Å². The highest BCUT2D eigenvalue weighted by atomic mass is 79.9. The number of carbonyl (C=O) groups is 1. The number of halogens is 1. The van der Waals surface area contributed by atoms with E-state index in [0.717, 1.165) is 17.3 Å². The summed E-state index contributed by atoms with van der Waals surface area (Å²) in [6.07, 6.45) is 3.45. The fourth-order valence-electron chi connectivity index (χ4n) is 2.57. The third-order valence-electron chi connectivity index (χ3n) is 3.61. The molecule has 104 valence electrons. The van der Waals surface area contributed by atoms with Crippen molar-refractivity contribution in [2.45, 2.75) is 45.2 Å². The SMILES string of the molecule is CC1CCCC(C)N1NC(=O)c1cc(N)cc(Br)c1. The molecule has 2 rings (SSSR count). The van der Waals surface area contributed by atoms with Gasteiger partial charge in [-0.1, -0.05) is 22.4 Å². The molecule has 0 spiro atoms. The zero-order valence-electron chi connectivity index (χ0n) is 11.3. The van der Waals surface area contributed by atoms with Crippen molar-refractivity contribution in [1.29, 1.82) is 0 Å². The summed E-state index contributed by atoms with van der Waals surface area (Å²) in [6, 6.07) is 6.00. The molecule has 0 saturated carbocycles. The molecule has 3 N–H and O–H groups in total. The number of nitrogen functional groups attached to an aromatic ring is 1. The van der Waals surface area contributed by atoms with Crippen molar-refractivity contribution in [3.63, 3.8) is 0 Å². The van der Waals surface area contributed by atoms with Crippen LogP contribution < -0.4 is 11.2 Å². The molecule has 1 aliphatic heterocycles. The number of amides is 1. The molecule has 2 atom stereocenters. The first-order chi connectivity index (χ1) is 8.97. The number of hydrogen-bond donors (Lipinski definition) is 2. The van der Waals surface area contributed by atoms with Gasteiger partial charge in [0, 0.05) is 27.8 Å². The summed E-state index contributed by atoms with van der Waals surface area (Å²) in [7, 11) is 0. The standard InChI is InChI=1S/C14H20BrN3O/c1-9-4-3-5-10(2)18(9)17-14(19)11-6-12(15)8-13(16)7-11/h6-10H,3-5,16H2,1-2H3,(H,17,19). The second-order valence-electron chi connectivity index (χ2n) is 5.25. The van der Waals surface area contributed by atoms with Crippen molar-refractivity contribution in [3.05, 3.63) is 28.2 Å². The van der Waals surface area contributed by atoms with Crippen LogP contribution in [-0.2, 0) is 0 Å². The Kier molecular flexibility index (Phi) is 4.47. The number of benzene rings is 1. The maximum Gasteiger partial charge on any atom is 0.265 e. The van der Waals surface area contributed by atoms with Gasteiger partial charge in [-0.3, -0.25) is 10.2 Å². The Morgan fingerprint density at radius 1 is 1.32 bits per heavy atom. The number of anilines is 1. The van der Waals surface area contributed by atoms with Gasteiger partial charge in [-0.2, -0.15) is 0 Å². The number of nitrogens with one attached hydrogen (secondary N) is 1. The maximum atomic E-state index is 12.3. The van der Waals surface area contributed by atoms with Crippen LogP contribution in [0.2, 0.25) is 0 Å². The zero-order chi connectivity index (χ0) is 14.0. The van der Waals surface area contributed by atoms with Gasteiger partial charge in [0.2, 0.25) is 0 Å². The van der Waals surface area contributed by atoms with Crippen LogP contribution in [0.5, 0.6) is 0 Å². The number of nitrogens with zero attached hydrogens (tertiary/aromatic N) is 1. The van der Waals surface area contributed by atoms with Gasteiger partial charge < -0.3 is 5.73 Å². The van der Waals surface area contributed by atoms with Gasteiger partial charge in [0.05, 0.1) is 0 Å². The molecule has 0 radical (unpaired) electrons. The molecule has 0 aromatic heterocycles. The van der Waals surface area contributed by atoms with Crippen molar-refractivity contribution in [2.75, 3.05) is 5.73 Å². The van der Waals surface area contributed by atoms with Gasteiger partial charge in [-0.15, -0.1) is 0 Å². The molecule has 0 bridgehead atoms. The Bertz CT molecular complexity index is 448. The van der Waals surface area contributed by atoms with E-state index >= 15 is 0 Å². The molecule has 1 heterocycles. The predicted octanol–water partition coefficient (Wildman–Crippen LogP) is 2.94. The Balaban J connectivity index is 2.11. The number of piperidine rings is 1. The monoisotopic (exact) mass is 325 g/mol.